The van der Waals surface area contributed by atoms with Crippen molar-refractivity contribution in [3.63, 3.8) is 0 Å². The zero-order valence-corrected chi connectivity index (χ0v) is 34.0. The first kappa shape index (κ1) is 46.3. The lowest BCUT2D eigenvalue weighted by Gasteiger charge is -2.24. The Morgan fingerprint density at radius 3 is 1.34 bits per heavy atom. The van der Waals surface area contributed by atoms with Gasteiger partial charge in [0.1, 0.15) is 0 Å². The number of carbonyl (C=O) groups is 8. The number of anilines is 1. The van der Waals surface area contributed by atoms with Crippen LogP contribution >= 0.6 is 0 Å². The van der Waals surface area contributed by atoms with Gasteiger partial charge in [-0.25, -0.2) is 14.4 Å². The number of hydrogen-bond donors (Lipinski definition) is 4. The van der Waals surface area contributed by atoms with E-state index in [1.54, 1.807) is 0 Å². The topological polar surface area (TPSA) is 276 Å². The Balaban J connectivity index is 1.56. The van der Waals surface area contributed by atoms with Gasteiger partial charge in [0.15, 0.2) is 34.5 Å². The Hall–Kier alpha value is -8.36. The van der Waals surface area contributed by atoms with Crippen LogP contribution in [0.3, 0.4) is 0 Å². The second kappa shape index (κ2) is 21.1. The number of methoxy groups -OCH3 is 5. The van der Waals surface area contributed by atoms with E-state index in [1.165, 1.54) is 71.9 Å². The molecule has 0 fully saturated rings. The highest BCUT2D eigenvalue weighted by molar-refractivity contribution is 6.05. The number of amides is 3. The van der Waals surface area contributed by atoms with Gasteiger partial charge in [0.25, 0.3) is 17.7 Å². The minimum absolute atomic E-state index is 0.0723. The second-order valence-electron chi connectivity index (χ2n) is 12.3. The third-order valence-electron chi connectivity index (χ3n) is 8.18. The molecule has 2 atom stereocenters. The number of benzene rings is 4. The highest BCUT2D eigenvalue weighted by atomic mass is 16.6. The van der Waals surface area contributed by atoms with Crippen molar-refractivity contribution >= 4 is 53.3 Å². The summed E-state index contributed by atoms with van der Waals surface area (Å²) >= 11 is 0. The average Bonchev–Trinajstić information content (AvgIpc) is 3.25. The number of hydrazine groups is 1. The minimum atomic E-state index is -2.56. The smallest absolute Gasteiger partial charge is 0.349 e. The van der Waals surface area contributed by atoms with Gasteiger partial charge in [-0.15, -0.1) is 0 Å². The molecular weight excluding hydrogens is 822 g/mol. The minimum Gasteiger partial charge on any atom is -0.493 e. The van der Waals surface area contributed by atoms with E-state index in [2.05, 4.69) is 10.7 Å². The predicted octanol–water partition coefficient (Wildman–Crippen LogP) is 3.13. The normalized spacial score (nSPS) is 11.3. The average molecular weight is 862 g/mol. The number of nitrogens with one attached hydrogen (secondary N) is 3. The van der Waals surface area contributed by atoms with Gasteiger partial charge in [-0.3, -0.25) is 34.8 Å². The van der Waals surface area contributed by atoms with E-state index in [9.17, 15) is 43.5 Å². The van der Waals surface area contributed by atoms with E-state index in [1.807, 2.05) is 5.43 Å². The number of ether oxygens (including phenoxy) is 9. The number of esters is 4. The van der Waals surface area contributed by atoms with Crippen LogP contribution in [0.2, 0.25) is 0 Å². The first-order chi connectivity index (χ1) is 29.5. The third kappa shape index (κ3) is 11.6. The molecule has 0 aliphatic carbocycles. The van der Waals surface area contributed by atoms with Gasteiger partial charge in [-0.1, -0.05) is 0 Å². The van der Waals surface area contributed by atoms with Crippen LogP contribution in [0.15, 0.2) is 72.8 Å². The highest BCUT2D eigenvalue weighted by Crippen LogP contribution is 2.38. The number of carboxylic acids is 1. The van der Waals surface area contributed by atoms with Gasteiger partial charge >= 0.3 is 29.8 Å². The maximum atomic E-state index is 13.6. The first-order valence-corrected chi connectivity index (χ1v) is 17.7. The van der Waals surface area contributed by atoms with Crippen LogP contribution in [0.1, 0.15) is 55.3 Å². The summed E-state index contributed by atoms with van der Waals surface area (Å²) in [5.74, 6) is -8.76. The van der Waals surface area contributed by atoms with E-state index in [0.717, 1.165) is 50.2 Å². The molecule has 326 valence electrons. The quantitative estimate of drug-likeness (QED) is 0.0674. The molecule has 0 radical (unpaired) electrons. The molecule has 0 saturated carbocycles. The van der Waals surface area contributed by atoms with E-state index >= 15 is 0 Å². The van der Waals surface area contributed by atoms with Crippen LogP contribution in [0.5, 0.6) is 40.2 Å². The summed E-state index contributed by atoms with van der Waals surface area (Å²) in [6, 6.07) is 14.8. The Kier molecular flexibility index (Phi) is 15.7. The molecule has 0 aromatic heterocycles. The van der Waals surface area contributed by atoms with E-state index in [-0.39, 0.29) is 68.2 Å². The van der Waals surface area contributed by atoms with Gasteiger partial charge in [-0.2, -0.15) is 0 Å². The van der Waals surface area contributed by atoms with Crippen molar-refractivity contribution in [3.05, 3.63) is 95.1 Å². The molecule has 0 bridgehead atoms. The van der Waals surface area contributed by atoms with Crippen LogP contribution in [0.25, 0.3) is 0 Å². The van der Waals surface area contributed by atoms with Crippen molar-refractivity contribution in [3.8, 4) is 40.2 Å². The molecule has 4 aromatic carbocycles. The number of carbonyl (C=O) groups excluding carboxylic acids is 7. The molecule has 21 heteroatoms. The lowest BCUT2D eigenvalue weighted by molar-refractivity contribution is -0.159. The molecule has 0 aliphatic heterocycles. The Morgan fingerprint density at radius 1 is 0.484 bits per heavy atom. The van der Waals surface area contributed by atoms with Gasteiger partial charge in [-0.05, 0) is 72.8 Å². The van der Waals surface area contributed by atoms with Crippen molar-refractivity contribution in [1.29, 1.82) is 0 Å². The van der Waals surface area contributed by atoms with Crippen molar-refractivity contribution in [2.24, 2.45) is 0 Å². The summed E-state index contributed by atoms with van der Waals surface area (Å²) in [5, 5.41) is 12.8. The summed E-state index contributed by atoms with van der Waals surface area (Å²) < 4.78 is 46.6. The summed E-state index contributed by atoms with van der Waals surface area (Å²) in [7, 11) is 6.58. The molecule has 0 aliphatic rings. The summed E-state index contributed by atoms with van der Waals surface area (Å²) in [6.45, 7) is 2.24. The fourth-order valence-corrected chi connectivity index (χ4v) is 5.31. The molecule has 3 amide bonds. The summed E-state index contributed by atoms with van der Waals surface area (Å²) in [4.78, 5) is 102. The van der Waals surface area contributed by atoms with E-state index in [4.69, 9.17) is 42.6 Å². The van der Waals surface area contributed by atoms with Crippen molar-refractivity contribution in [2.75, 3.05) is 40.9 Å². The van der Waals surface area contributed by atoms with Crippen molar-refractivity contribution in [2.45, 2.75) is 26.1 Å². The van der Waals surface area contributed by atoms with E-state index in [0.29, 0.717) is 0 Å². The summed E-state index contributed by atoms with van der Waals surface area (Å²) in [6.07, 6.45) is -5.04. The van der Waals surface area contributed by atoms with E-state index < -0.39 is 59.8 Å². The van der Waals surface area contributed by atoms with Crippen LogP contribution in [0, 0.1) is 0 Å². The zero-order valence-electron chi connectivity index (χ0n) is 34.0. The Morgan fingerprint density at radius 2 is 0.919 bits per heavy atom. The molecule has 4 aromatic rings. The fraction of sp³-hybridized carbons (Fsp3) is 0.220. The molecule has 0 spiro atoms. The predicted molar refractivity (Wildman–Crippen MR) is 211 cm³/mol. The molecule has 0 saturated heterocycles. The number of carboxylic acid groups (broad SMARTS) is 1. The highest BCUT2D eigenvalue weighted by Gasteiger charge is 2.41. The van der Waals surface area contributed by atoms with Crippen LogP contribution < -0.4 is 49.3 Å². The largest absolute Gasteiger partial charge is 0.493 e. The van der Waals surface area contributed by atoms with Gasteiger partial charge in [0.05, 0.1) is 46.7 Å². The molecule has 4 rings (SSSR count). The van der Waals surface area contributed by atoms with Crippen molar-refractivity contribution < 1.29 is 86.1 Å². The lowest BCUT2D eigenvalue weighted by Crippen LogP contribution is -2.54. The summed E-state index contributed by atoms with van der Waals surface area (Å²) in [5.41, 5.74) is 3.67. The van der Waals surface area contributed by atoms with Crippen LogP contribution in [0.4, 0.5) is 5.69 Å². The molecule has 0 heterocycles. The zero-order chi connectivity index (χ0) is 45.7. The molecule has 62 heavy (non-hydrogen) atoms. The molecule has 4 N–H and O–H groups in total. The SMILES string of the molecule is COc1cc(C(=O)O[C@H](C(=O)O)[C@@H](OC(=O)c2ccc(OC(C)=O)c(OC)c2)C(=O)NNC(=O)c2ccc(NC(=O)c3cc(OC)c(OC)c(OC)c3)cc2)ccc1OC(C)=O. The lowest BCUT2D eigenvalue weighted by atomic mass is 10.1. The first-order valence-electron chi connectivity index (χ1n) is 17.7. The molecule has 21 nitrogen and oxygen atoms in total. The van der Waals surface area contributed by atoms with Crippen LogP contribution in [-0.4, -0.2) is 100 Å². The Labute approximate surface area is 352 Å². The number of hydrogen-bond acceptors (Lipinski definition) is 17. The Bertz CT molecular complexity index is 2350. The van der Waals surface area contributed by atoms with Gasteiger partial charge < -0.3 is 53.1 Å². The van der Waals surface area contributed by atoms with Gasteiger partial charge in [0.2, 0.25) is 18.0 Å². The molecular formula is C41H39N3O18. The maximum Gasteiger partial charge on any atom is 0.349 e. The second-order valence-corrected chi connectivity index (χ2v) is 12.3. The van der Waals surface area contributed by atoms with Crippen molar-refractivity contribution in [1.82, 2.24) is 10.9 Å². The fourth-order valence-electron chi connectivity index (χ4n) is 5.31. The third-order valence-corrected chi connectivity index (χ3v) is 8.18. The molecule has 0 unspecified atom stereocenters. The standard InChI is InChI=1S/C41H39N3O18/c1-20(45)59-27-14-10-23(16-29(27)54-3)40(52)61-34(35(39(50)51)62-41(53)24-11-15-28(60-21(2)46)30(17-24)55-4)38(49)44-43-37(48)22-8-12-26(13-9-22)42-36(47)25-18-31(56-5)33(58-7)32(19-25)57-6/h8-19,34-35H,1-7H3,(H,42,47)(H,43,48)(H,44,49)(H,50,51)/t34-,35+/m1/s1. The van der Waals surface area contributed by atoms with Gasteiger partial charge in [0, 0.05) is 30.7 Å². The number of aliphatic carboxylic acids is 1. The monoisotopic (exact) mass is 861 g/mol. The maximum absolute atomic E-state index is 13.6. The van der Waals surface area contributed by atoms with Crippen LogP contribution in [-0.2, 0) is 28.7 Å². The number of rotatable bonds is 17.